The van der Waals surface area contributed by atoms with Crippen LogP contribution in [0.3, 0.4) is 0 Å². The fourth-order valence-electron chi connectivity index (χ4n) is 1.51. The molecule has 0 aliphatic rings. The van der Waals surface area contributed by atoms with E-state index in [-0.39, 0.29) is 5.41 Å². The van der Waals surface area contributed by atoms with Crippen LogP contribution in [0.5, 0.6) is 0 Å². The fraction of sp³-hybridized carbons (Fsp3) is 0.692. The first-order valence-electron chi connectivity index (χ1n) is 6.21. The molecule has 0 amide bonds. The van der Waals surface area contributed by atoms with E-state index in [2.05, 4.69) is 48.3 Å². The zero-order valence-electron chi connectivity index (χ0n) is 11.8. The van der Waals surface area contributed by atoms with Gasteiger partial charge in [-0.05, 0) is 13.3 Å². The van der Waals surface area contributed by atoms with Crippen LogP contribution in [-0.4, -0.2) is 23.6 Å². The summed E-state index contributed by atoms with van der Waals surface area (Å²) >= 11 is 0. The van der Waals surface area contributed by atoms with Gasteiger partial charge in [0.2, 0.25) is 0 Å². The lowest BCUT2D eigenvalue weighted by Gasteiger charge is -2.20. The molecule has 4 heteroatoms. The van der Waals surface area contributed by atoms with E-state index in [0.29, 0.717) is 0 Å². The quantitative estimate of drug-likeness (QED) is 0.844. The number of anilines is 2. The van der Waals surface area contributed by atoms with Crippen molar-refractivity contribution in [2.24, 2.45) is 0 Å². The Hall–Kier alpha value is -1.32. The molecule has 1 rings (SSSR count). The smallest absolute Gasteiger partial charge is 0.138 e. The molecule has 17 heavy (non-hydrogen) atoms. The molecule has 0 saturated heterocycles. The van der Waals surface area contributed by atoms with Crippen molar-refractivity contribution in [1.82, 2.24) is 9.97 Å². The van der Waals surface area contributed by atoms with Crippen molar-refractivity contribution < 1.29 is 0 Å². The van der Waals surface area contributed by atoms with Gasteiger partial charge in [0.25, 0.3) is 0 Å². The molecule has 0 aromatic carbocycles. The normalized spacial score (nSPS) is 11.4. The van der Waals surface area contributed by atoms with Crippen molar-refractivity contribution >= 4 is 11.6 Å². The molecular weight excluding hydrogens is 212 g/mol. The van der Waals surface area contributed by atoms with Crippen LogP contribution < -0.4 is 10.6 Å². The fourth-order valence-corrected chi connectivity index (χ4v) is 1.51. The van der Waals surface area contributed by atoms with Gasteiger partial charge in [-0.2, -0.15) is 0 Å². The molecule has 0 atom stereocenters. The Balaban J connectivity index is 3.19. The summed E-state index contributed by atoms with van der Waals surface area (Å²) in [6.45, 7) is 11.5. The highest BCUT2D eigenvalue weighted by Crippen LogP contribution is 2.25. The van der Waals surface area contributed by atoms with E-state index in [4.69, 9.17) is 0 Å². The molecule has 0 aliphatic heterocycles. The molecule has 96 valence electrons. The van der Waals surface area contributed by atoms with Gasteiger partial charge in [0.1, 0.15) is 17.5 Å². The Morgan fingerprint density at radius 1 is 1.12 bits per heavy atom. The van der Waals surface area contributed by atoms with Gasteiger partial charge < -0.3 is 10.6 Å². The lowest BCUT2D eigenvalue weighted by atomic mass is 9.95. The number of aromatic nitrogens is 2. The Kier molecular flexibility index (Phi) is 4.32. The lowest BCUT2D eigenvalue weighted by Crippen LogP contribution is -2.19. The average Bonchev–Trinajstić information content (AvgIpc) is 2.26. The SMILES string of the molecule is CCCNc1nc(C(C)(C)C)nc(NC)c1C. The zero-order chi connectivity index (χ0) is 13.1. The Bertz CT molecular complexity index is 380. The van der Waals surface area contributed by atoms with Crippen LogP contribution in [-0.2, 0) is 5.41 Å². The summed E-state index contributed by atoms with van der Waals surface area (Å²) in [6, 6.07) is 0. The number of nitrogens with one attached hydrogen (secondary N) is 2. The first-order chi connectivity index (χ1) is 7.90. The van der Waals surface area contributed by atoms with Gasteiger partial charge in [-0.25, -0.2) is 9.97 Å². The van der Waals surface area contributed by atoms with Crippen molar-refractivity contribution in [1.29, 1.82) is 0 Å². The van der Waals surface area contributed by atoms with Crippen molar-refractivity contribution in [3.05, 3.63) is 11.4 Å². The number of nitrogens with zero attached hydrogens (tertiary/aromatic N) is 2. The van der Waals surface area contributed by atoms with Gasteiger partial charge in [0.15, 0.2) is 0 Å². The predicted octanol–water partition coefficient (Wildman–Crippen LogP) is 2.95. The summed E-state index contributed by atoms with van der Waals surface area (Å²) < 4.78 is 0. The average molecular weight is 236 g/mol. The second kappa shape index (κ2) is 5.34. The molecular formula is C13H24N4. The molecule has 0 spiro atoms. The minimum atomic E-state index is -0.0397. The first kappa shape index (κ1) is 13.7. The third-order valence-corrected chi connectivity index (χ3v) is 2.60. The summed E-state index contributed by atoms with van der Waals surface area (Å²) in [4.78, 5) is 9.20. The number of rotatable bonds is 4. The van der Waals surface area contributed by atoms with Crippen LogP contribution in [0, 0.1) is 6.92 Å². The molecule has 0 radical (unpaired) electrons. The van der Waals surface area contributed by atoms with E-state index in [1.165, 1.54) is 0 Å². The molecule has 0 fully saturated rings. The van der Waals surface area contributed by atoms with Gasteiger partial charge >= 0.3 is 0 Å². The molecule has 1 heterocycles. The molecule has 0 unspecified atom stereocenters. The van der Waals surface area contributed by atoms with Crippen LogP contribution in [0.25, 0.3) is 0 Å². The Morgan fingerprint density at radius 3 is 2.18 bits per heavy atom. The summed E-state index contributed by atoms with van der Waals surface area (Å²) in [7, 11) is 1.89. The van der Waals surface area contributed by atoms with Gasteiger partial charge in [-0.3, -0.25) is 0 Å². The van der Waals surface area contributed by atoms with E-state index in [1.54, 1.807) is 0 Å². The molecule has 0 bridgehead atoms. The van der Waals surface area contributed by atoms with Crippen LogP contribution in [0.1, 0.15) is 45.5 Å². The highest BCUT2D eigenvalue weighted by molar-refractivity contribution is 5.57. The highest BCUT2D eigenvalue weighted by atomic mass is 15.1. The summed E-state index contributed by atoms with van der Waals surface area (Å²) in [5, 5.41) is 6.49. The van der Waals surface area contributed by atoms with Crippen molar-refractivity contribution in [2.45, 2.75) is 46.5 Å². The second-order valence-corrected chi connectivity index (χ2v) is 5.30. The largest absolute Gasteiger partial charge is 0.373 e. The minimum Gasteiger partial charge on any atom is -0.373 e. The maximum absolute atomic E-state index is 4.63. The van der Waals surface area contributed by atoms with Crippen molar-refractivity contribution in [3.8, 4) is 0 Å². The standard InChI is InChI=1S/C13H24N4/c1-7-8-15-11-9(2)10(14-6)16-12(17-11)13(3,4)5/h7-8H2,1-6H3,(H2,14,15,16,17). The highest BCUT2D eigenvalue weighted by Gasteiger charge is 2.20. The van der Waals surface area contributed by atoms with Gasteiger partial charge in [0, 0.05) is 24.6 Å². The maximum atomic E-state index is 4.63. The lowest BCUT2D eigenvalue weighted by molar-refractivity contribution is 0.546. The summed E-state index contributed by atoms with van der Waals surface area (Å²) in [6.07, 6.45) is 1.09. The second-order valence-electron chi connectivity index (χ2n) is 5.30. The van der Waals surface area contributed by atoms with E-state index in [1.807, 2.05) is 14.0 Å². The Labute approximate surface area is 104 Å². The molecule has 4 nitrogen and oxygen atoms in total. The minimum absolute atomic E-state index is 0.0397. The maximum Gasteiger partial charge on any atom is 0.138 e. The monoisotopic (exact) mass is 236 g/mol. The number of hydrogen-bond acceptors (Lipinski definition) is 4. The Morgan fingerprint density at radius 2 is 1.71 bits per heavy atom. The summed E-state index contributed by atoms with van der Waals surface area (Å²) in [5.74, 6) is 2.71. The van der Waals surface area contributed by atoms with Crippen molar-refractivity contribution in [2.75, 3.05) is 24.2 Å². The predicted molar refractivity (Wildman–Crippen MR) is 73.8 cm³/mol. The van der Waals surface area contributed by atoms with Crippen LogP contribution in [0.15, 0.2) is 0 Å². The van der Waals surface area contributed by atoms with Crippen LogP contribution >= 0.6 is 0 Å². The first-order valence-corrected chi connectivity index (χ1v) is 6.21. The van der Waals surface area contributed by atoms with E-state index < -0.39 is 0 Å². The van der Waals surface area contributed by atoms with E-state index in [0.717, 1.165) is 36.0 Å². The molecule has 0 saturated carbocycles. The van der Waals surface area contributed by atoms with Crippen LogP contribution in [0.2, 0.25) is 0 Å². The molecule has 2 N–H and O–H groups in total. The van der Waals surface area contributed by atoms with Crippen molar-refractivity contribution in [3.63, 3.8) is 0 Å². The van der Waals surface area contributed by atoms with Crippen LogP contribution in [0.4, 0.5) is 11.6 Å². The summed E-state index contributed by atoms with van der Waals surface area (Å²) in [5.41, 5.74) is 1.04. The van der Waals surface area contributed by atoms with E-state index >= 15 is 0 Å². The van der Waals surface area contributed by atoms with Gasteiger partial charge in [-0.15, -0.1) is 0 Å². The topological polar surface area (TPSA) is 49.8 Å². The third-order valence-electron chi connectivity index (χ3n) is 2.60. The zero-order valence-corrected chi connectivity index (χ0v) is 11.8. The molecule has 1 aromatic rings. The molecule has 1 aromatic heterocycles. The third kappa shape index (κ3) is 3.32. The van der Waals surface area contributed by atoms with Gasteiger partial charge in [-0.1, -0.05) is 27.7 Å². The van der Waals surface area contributed by atoms with E-state index in [9.17, 15) is 0 Å². The molecule has 0 aliphatic carbocycles. The van der Waals surface area contributed by atoms with Gasteiger partial charge in [0.05, 0.1) is 0 Å². The number of hydrogen-bond donors (Lipinski definition) is 2.